The lowest BCUT2D eigenvalue weighted by Crippen LogP contribution is -2.07. The van der Waals surface area contributed by atoms with Gasteiger partial charge in [-0.05, 0) is 24.6 Å². The van der Waals surface area contributed by atoms with Crippen LogP contribution >= 0.6 is 15.9 Å². The molecule has 1 aromatic carbocycles. The van der Waals surface area contributed by atoms with Crippen molar-refractivity contribution in [2.24, 2.45) is 0 Å². The number of carbonyl (C=O) groups excluding carboxylic acids is 1. The van der Waals surface area contributed by atoms with Gasteiger partial charge < -0.3 is 9.47 Å². The van der Waals surface area contributed by atoms with E-state index in [0.717, 1.165) is 11.3 Å². The van der Waals surface area contributed by atoms with E-state index in [0.29, 0.717) is 0 Å². The minimum atomic E-state index is -0.465. The molecule has 0 amide bonds. The van der Waals surface area contributed by atoms with E-state index < -0.39 is 4.88 Å². The van der Waals surface area contributed by atoms with Crippen molar-refractivity contribution in [1.82, 2.24) is 0 Å². The van der Waals surface area contributed by atoms with Gasteiger partial charge in [-0.2, -0.15) is 0 Å². The molecular weight excluding hydrogens is 272 g/mol. The fourth-order valence-electron chi connectivity index (χ4n) is 1.07. The van der Waals surface area contributed by atoms with E-state index in [1.807, 2.05) is 31.2 Å². The van der Waals surface area contributed by atoms with Crippen molar-refractivity contribution >= 4 is 20.8 Å². The molecule has 0 aromatic heterocycles. The zero-order valence-electron chi connectivity index (χ0n) is 8.98. The molecule has 0 spiro atoms. The Kier molecular flexibility index (Phi) is 5.05. The minimum Gasteiger partial charge on any atom is -0.487 e. The molecule has 1 atom stereocenters. The van der Waals surface area contributed by atoms with Crippen molar-refractivity contribution in [3.8, 4) is 5.75 Å². The number of hydrogen-bond acceptors (Lipinski definition) is 3. The van der Waals surface area contributed by atoms with Gasteiger partial charge in [0.2, 0.25) is 0 Å². The second-order valence-corrected chi connectivity index (χ2v) is 3.88. The molecule has 0 aliphatic rings. The van der Waals surface area contributed by atoms with Crippen LogP contribution in [0.4, 0.5) is 4.79 Å². The van der Waals surface area contributed by atoms with Crippen LogP contribution in [0.25, 0.3) is 0 Å². The van der Waals surface area contributed by atoms with Crippen molar-refractivity contribution < 1.29 is 14.3 Å². The maximum atomic E-state index is 10.5. The van der Waals surface area contributed by atoms with Crippen LogP contribution in [0.5, 0.6) is 5.75 Å². The molecule has 86 valence electrons. The number of carbonyl (C=O) groups is 1. The highest BCUT2D eigenvalue weighted by atomic mass is 79.9. The fourth-order valence-corrected chi connectivity index (χ4v) is 1.18. The Labute approximate surface area is 103 Å². The van der Waals surface area contributed by atoms with Crippen LogP contribution in [-0.2, 0) is 11.3 Å². The van der Waals surface area contributed by atoms with Gasteiger partial charge in [0.15, 0.2) is 0 Å². The van der Waals surface area contributed by atoms with Gasteiger partial charge in [0, 0.05) is 15.9 Å². The Morgan fingerprint density at radius 3 is 2.62 bits per heavy atom. The van der Waals surface area contributed by atoms with E-state index in [1.54, 1.807) is 6.08 Å². The van der Waals surface area contributed by atoms with Gasteiger partial charge in [-0.25, -0.2) is 4.79 Å². The first-order valence-corrected chi connectivity index (χ1v) is 5.61. The predicted molar refractivity (Wildman–Crippen MR) is 65.8 cm³/mol. The summed E-state index contributed by atoms with van der Waals surface area (Å²) in [4.78, 5) is 10.1. The van der Waals surface area contributed by atoms with Crippen LogP contribution in [0, 0.1) is 0 Å². The standard InChI is InChI=1S/C12H13BrO3/c1-3-9(2)16-11-6-4-10(5-7-11)8-15-12(13)14/h3-7,9H,1,8H2,2H3. The molecule has 1 unspecified atom stereocenters. The summed E-state index contributed by atoms with van der Waals surface area (Å²) in [6, 6.07) is 7.36. The summed E-state index contributed by atoms with van der Waals surface area (Å²) in [5, 5.41) is 0. The van der Waals surface area contributed by atoms with E-state index in [9.17, 15) is 4.79 Å². The van der Waals surface area contributed by atoms with Gasteiger partial charge in [0.05, 0.1) is 0 Å². The Balaban J connectivity index is 2.53. The molecule has 0 saturated heterocycles. The van der Waals surface area contributed by atoms with Crippen LogP contribution in [0.2, 0.25) is 0 Å². The molecule has 0 heterocycles. The van der Waals surface area contributed by atoms with Crippen molar-refractivity contribution in [2.75, 3.05) is 0 Å². The summed E-state index contributed by atoms with van der Waals surface area (Å²) in [5.41, 5.74) is 0.909. The molecule has 0 bridgehead atoms. The minimum absolute atomic E-state index is 0.0220. The fraction of sp³-hybridized carbons (Fsp3) is 0.250. The number of ether oxygens (including phenoxy) is 2. The average Bonchev–Trinajstić information content (AvgIpc) is 2.28. The molecule has 1 rings (SSSR count). The Morgan fingerprint density at radius 2 is 2.12 bits per heavy atom. The van der Waals surface area contributed by atoms with E-state index >= 15 is 0 Å². The normalized spacial score (nSPS) is 11.6. The first kappa shape index (κ1) is 12.8. The molecule has 0 aliphatic carbocycles. The number of benzene rings is 1. The highest BCUT2D eigenvalue weighted by molar-refractivity contribution is 9.18. The van der Waals surface area contributed by atoms with Crippen molar-refractivity contribution in [1.29, 1.82) is 0 Å². The van der Waals surface area contributed by atoms with Gasteiger partial charge in [-0.1, -0.05) is 24.8 Å². The molecule has 4 heteroatoms. The molecule has 16 heavy (non-hydrogen) atoms. The second kappa shape index (κ2) is 6.33. The lowest BCUT2D eigenvalue weighted by atomic mass is 10.2. The maximum Gasteiger partial charge on any atom is 0.374 e. The molecule has 3 nitrogen and oxygen atoms in total. The third kappa shape index (κ3) is 4.49. The highest BCUT2D eigenvalue weighted by Crippen LogP contribution is 2.15. The van der Waals surface area contributed by atoms with E-state index in [2.05, 4.69) is 22.5 Å². The zero-order valence-corrected chi connectivity index (χ0v) is 10.6. The number of rotatable bonds is 5. The summed E-state index contributed by atoms with van der Waals surface area (Å²) in [7, 11) is 0. The summed E-state index contributed by atoms with van der Waals surface area (Å²) in [5.74, 6) is 0.765. The first-order chi connectivity index (χ1) is 7.61. The van der Waals surface area contributed by atoms with Gasteiger partial charge in [0.1, 0.15) is 18.5 Å². The molecule has 0 radical (unpaired) electrons. The van der Waals surface area contributed by atoms with Gasteiger partial charge in [0.25, 0.3) is 0 Å². The summed E-state index contributed by atoms with van der Waals surface area (Å²) in [6.07, 6.45) is 1.70. The summed E-state index contributed by atoms with van der Waals surface area (Å²) >= 11 is 2.69. The highest BCUT2D eigenvalue weighted by Gasteiger charge is 2.00. The second-order valence-electron chi connectivity index (χ2n) is 3.23. The topological polar surface area (TPSA) is 35.5 Å². The summed E-state index contributed by atoms with van der Waals surface area (Å²) < 4.78 is 10.3. The first-order valence-electron chi connectivity index (χ1n) is 4.82. The van der Waals surface area contributed by atoms with E-state index in [1.165, 1.54) is 0 Å². The average molecular weight is 285 g/mol. The molecule has 0 aliphatic heterocycles. The maximum absolute atomic E-state index is 10.5. The van der Waals surface area contributed by atoms with E-state index in [-0.39, 0.29) is 12.7 Å². The van der Waals surface area contributed by atoms with Crippen molar-refractivity contribution in [3.63, 3.8) is 0 Å². The van der Waals surface area contributed by atoms with E-state index in [4.69, 9.17) is 9.47 Å². The number of halogens is 1. The Bertz CT molecular complexity index is 359. The van der Waals surface area contributed by atoms with Crippen LogP contribution in [-0.4, -0.2) is 11.0 Å². The monoisotopic (exact) mass is 284 g/mol. The van der Waals surface area contributed by atoms with Crippen molar-refractivity contribution in [3.05, 3.63) is 42.5 Å². The zero-order chi connectivity index (χ0) is 12.0. The smallest absolute Gasteiger partial charge is 0.374 e. The third-order valence-corrected chi connectivity index (χ3v) is 2.16. The Hall–Kier alpha value is -1.29. The van der Waals surface area contributed by atoms with Crippen LogP contribution < -0.4 is 4.74 Å². The predicted octanol–water partition coefficient (Wildman–Crippen LogP) is 3.67. The van der Waals surface area contributed by atoms with Crippen LogP contribution in [0.15, 0.2) is 36.9 Å². The lowest BCUT2D eigenvalue weighted by Gasteiger charge is -2.10. The molecule has 0 saturated carbocycles. The van der Waals surface area contributed by atoms with Gasteiger partial charge in [-0.15, -0.1) is 0 Å². The van der Waals surface area contributed by atoms with Gasteiger partial charge in [-0.3, -0.25) is 0 Å². The van der Waals surface area contributed by atoms with Gasteiger partial charge >= 0.3 is 4.88 Å². The number of hydrogen-bond donors (Lipinski definition) is 0. The third-order valence-electron chi connectivity index (χ3n) is 1.93. The SMILES string of the molecule is C=CC(C)Oc1ccc(COC(=O)Br)cc1. The molecule has 0 N–H and O–H groups in total. The molecule has 0 fully saturated rings. The quantitative estimate of drug-likeness (QED) is 0.611. The largest absolute Gasteiger partial charge is 0.487 e. The lowest BCUT2D eigenvalue weighted by molar-refractivity contribution is 0.170. The molecule has 1 aromatic rings. The van der Waals surface area contributed by atoms with Crippen LogP contribution in [0.3, 0.4) is 0 Å². The summed E-state index contributed by atoms with van der Waals surface area (Å²) in [6.45, 7) is 5.80. The molecular formula is C12H13BrO3. The van der Waals surface area contributed by atoms with Crippen molar-refractivity contribution in [2.45, 2.75) is 19.6 Å². The van der Waals surface area contributed by atoms with Crippen LogP contribution in [0.1, 0.15) is 12.5 Å². The Morgan fingerprint density at radius 1 is 1.50 bits per heavy atom.